The molecular formula is C16H18N4O5S. The maximum atomic E-state index is 10.8. The van der Waals surface area contributed by atoms with Gasteiger partial charge in [0.2, 0.25) is 0 Å². The summed E-state index contributed by atoms with van der Waals surface area (Å²) in [4.78, 5) is 20.9. The Hall–Kier alpha value is -2.56. The average molecular weight is 378 g/mol. The van der Waals surface area contributed by atoms with Crippen LogP contribution in [0.15, 0.2) is 28.0 Å². The van der Waals surface area contributed by atoms with Crippen molar-refractivity contribution in [2.24, 2.45) is 0 Å². The van der Waals surface area contributed by atoms with Gasteiger partial charge in [-0.25, -0.2) is 9.97 Å². The molecule has 0 aliphatic carbocycles. The molecule has 2 unspecified atom stereocenters. The number of fused-ring (bicyclic) bond motifs is 1. The molecule has 3 heterocycles. The zero-order chi connectivity index (χ0) is 18.8. The maximum absolute atomic E-state index is 10.8. The molecule has 2 atom stereocenters. The van der Waals surface area contributed by atoms with Crippen LogP contribution in [0.25, 0.3) is 21.8 Å². The third-order valence-corrected chi connectivity index (χ3v) is 4.45. The number of aliphatic hydroxyl groups excluding tert-OH is 2. The fourth-order valence-electron chi connectivity index (χ4n) is 2.60. The fourth-order valence-corrected chi connectivity index (χ4v) is 3.45. The van der Waals surface area contributed by atoms with Gasteiger partial charge in [-0.1, -0.05) is 0 Å². The van der Waals surface area contributed by atoms with Crippen LogP contribution in [0.4, 0.5) is 11.7 Å². The molecule has 2 N–H and O–H groups in total. The zero-order valence-electron chi connectivity index (χ0n) is 14.2. The van der Waals surface area contributed by atoms with Gasteiger partial charge in [-0.2, -0.15) is 0 Å². The van der Waals surface area contributed by atoms with E-state index in [0.717, 1.165) is 4.70 Å². The summed E-state index contributed by atoms with van der Waals surface area (Å²) in [7, 11) is 0. The van der Waals surface area contributed by atoms with E-state index < -0.39 is 17.1 Å². The van der Waals surface area contributed by atoms with Crippen molar-refractivity contribution < 1.29 is 19.6 Å². The summed E-state index contributed by atoms with van der Waals surface area (Å²) in [6.45, 7) is 3.84. The molecular weight excluding hydrogens is 360 g/mol. The van der Waals surface area contributed by atoms with Crippen LogP contribution in [0.5, 0.6) is 0 Å². The minimum Gasteiger partial charge on any atom is -0.397 e. The second-order valence-electron chi connectivity index (χ2n) is 6.00. The van der Waals surface area contributed by atoms with Gasteiger partial charge in [-0.05, 0) is 31.4 Å². The Morgan fingerprint density at radius 2 is 1.92 bits per heavy atom. The zero-order valence-corrected chi connectivity index (χ0v) is 15.0. The summed E-state index contributed by atoms with van der Waals surface area (Å²) in [5.41, 5.74) is 0.662. The number of furan rings is 1. The number of anilines is 1. The molecule has 26 heavy (non-hydrogen) atoms. The number of hydrogen-bond acceptors (Lipinski definition) is 9. The summed E-state index contributed by atoms with van der Waals surface area (Å²) in [6.07, 6.45) is -1.27. The Bertz CT molecular complexity index is 910. The van der Waals surface area contributed by atoms with Gasteiger partial charge in [0.1, 0.15) is 4.92 Å². The molecule has 0 fully saturated rings. The number of aliphatic hydroxyl groups is 2. The fraction of sp³-hybridized carbons (Fsp3) is 0.375. The van der Waals surface area contributed by atoms with E-state index in [-0.39, 0.29) is 30.6 Å². The van der Waals surface area contributed by atoms with Crippen LogP contribution in [-0.2, 0) is 0 Å². The Labute approximate surface area is 152 Å². The predicted octanol–water partition coefficient (Wildman–Crippen LogP) is 2.43. The predicted molar refractivity (Wildman–Crippen MR) is 97.3 cm³/mol. The number of rotatable bonds is 7. The minimum atomic E-state index is -0.633. The highest BCUT2D eigenvalue weighted by Gasteiger charge is 2.21. The van der Waals surface area contributed by atoms with Crippen molar-refractivity contribution in [3.63, 3.8) is 0 Å². The number of nitrogens with zero attached hydrogens (tertiary/aromatic N) is 4. The Morgan fingerprint density at radius 3 is 2.50 bits per heavy atom. The van der Waals surface area contributed by atoms with Crippen molar-refractivity contribution >= 4 is 33.3 Å². The summed E-state index contributed by atoms with van der Waals surface area (Å²) >= 11 is 1.44. The monoisotopic (exact) mass is 378 g/mol. The van der Waals surface area contributed by atoms with Crippen LogP contribution in [0, 0.1) is 10.1 Å². The Morgan fingerprint density at radius 1 is 1.23 bits per heavy atom. The van der Waals surface area contributed by atoms with Crippen LogP contribution in [0.2, 0.25) is 0 Å². The molecule has 0 radical (unpaired) electrons. The van der Waals surface area contributed by atoms with E-state index in [1.807, 2.05) is 11.4 Å². The molecule has 0 amide bonds. The first-order valence-corrected chi connectivity index (χ1v) is 8.84. The summed E-state index contributed by atoms with van der Waals surface area (Å²) in [5, 5.41) is 32.3. The van der Waals surface area contributed by atoms with E-state index in [1.165, 1.54) is 23.5 Å². The first-order chi connectivity index (χ1) is 12.3. The van der Waals surface area contributed by atoms with Gasteiger partial charge in [0.05, 0.1) is 28.5 Å². The number of hydrogen-bond donors (Lipinski definition) is 2. The van der Waals surface area contributed by atoms with Gasteiger partial charge in [0.25, 0.3) is 0 Å². The van der Waals surface area contributed by atoms with Gasteiger partial charge in [-0.3, -0.25) is 10.1 Å². The quantitative estimate of drug-likeness (QED) is 0.474. The van der Waals surface area contributed by atoms with E-state index in [2.05, 4.69) is 9.97 Å². The Balaban J connectivity index is 2.10. The molecule has 0 aliphatic heterocycles. The van der Waals surface area contributed by atoms with Crippen LogP contribution in [-0.4, -0.2) is 50.4 Å². The maximum Gasteiger partial charge on any atom is 0.433 e. The largest absolute Gasteiger partial charge is 0.433 e. The first kappa shape index (κ1) is 18.2. The van der Waals surface area contributed by atoms with Crippen molar-refractivity contribution in [1.29, 1.82) is 0 Å². The molecule has 0 bridgehead atoms. The molecule has 0 spiro atoms. The van der Waals surface area contributed by atoms with Gasteiger partial charge in [0, 0.05) is 13.1 Å². The van der Waals surface area contributed by atoms with Crippen LogP contribution in [0.3, 0.4) is 0 Å². The minimum absolute atomic E-state index is 0.181. The molecule has 10 heteroatoms. The smallest absolute Gasteiger partial charge is 0.397 e. The molecule has 3 aromatic rings. The molecule has 0 saturated heterocycles. The summed E-state index contributed by atoms with van der Waals surface area (Å²) in [5.74, 6) is 0.543. The lowest BCUT2D eigenvalue weighted by atomic mass is 10.3. The van der Waals surface area contributed by atoms with E-state index in [4.69, 9.17) is 4.42 Å². The molecule has 3 aromatic heterocycles. The average Bonchev–Trinajstić information content (AvgIpc) is 3.21. The SMILES string of the molecule is CC(O)CN(CC(C)O)c1nc(-c2ccc([N+](=O)[O-])o2)nc2ccsc12. The van der Waals surface area contributed by atoms with Crippen LogP contribution in [0.1, 0.15) is 13.8 Å². The molecule has 9 nitrogen and oxygen atoms in total. The third-order valence-electron chi connectivity index (χ3n) is 3.55. The second-order valence-corrected chi connectivity index (χ2v) is 6.92. The number of nitro groups is 1. The van der Waals surface area contributed by atoms with Crippen molar-refractivity contribution in [2.45, 2.75) is 26.1 Å². The van der Waals surface area contributed by atoms with Gasteiger partial charge >= 0.3 is 5.88 Å². The molecule has 0 aliphatic rings. The lowest BCUT2D eigenvalue weighted by molar-refractivity contribution is -0.401. The van der Waals surface area contributed by atoms with E-state index in [9.17, 15) is 20.3 Å². The van der Waals surface area contributed by atoms with Gasteiger partial charge < -0.3 is 19.5 Å². The lowest BCUT2D eigenvalue weighted by Gasteiger charge is -2.27. The normalized spacial score (nSPS) is 13.7. The van der Waals surface area contributed by atoms with E-state index in [1.54, 1.807) is 18.7 Å². The molecule has 0 saturated carbocycles. The van der Waals surface area contributed by atoms with Gasteiger partial charge in [-0.15, -0.1) is 11.3 Å². The Kier molecular flexibility index (Phi) is 5.16. The summed E-state index contributed by atoms with van der Waals surface area (Å²) < 4.78 is 6.02. The summed E-state index contributed by atoms with van der Waals surface area (Å²) in [6, 6.07) is 4.51. The molecule has 3 rings (SSSR count). The van der Waals surface area contributed by atoms with Crippen molar-refractivity contribution in [1.82, 2.24) is 9.97 Å². The van der Waals surface area contributed by atoms with Crippen molar-refractivity contribution in [3.8, 4) is 11.6 Å². The highest BCUT2D eigenvalue weighted by atomic mass is 32.1. The lowest BCUT2D eigenvalue weighted by Crippen LogP contribution is -2.37. The topological polar surface area (TPSA) is 126 Å². The van der Waals surface area contributed by atoms with Crippen molar-refractivity contribution in [2.75, 3.05) is 18.0 Å². The number of aromatic nitrogens is 2. The molecule has 0 aromatic carbocycles. The highest BCUT2D eigenvalue weighted by molar-refractivity contribution is 7.17. The van der Waals surface area contributed by atoms with E-state index >= 15 is 0 Å². The van der Waals surface area contributed by atoms with E-state index in [0.29, 0.717) is 11.3 Å². The van der Waals surface area contributed by atoms with Crippen LogP contribution < -0.4 is 4.90 Å². The number of thiophene rings is 1. The van der Waals surface area contributed by atoms with Gasteiger partial charge in [0.15, 0.2) is 17.4 Å². The van der Waals surface area contributed by atoms with Crippen LogP contribution >= 0.6 is 11.3 Å². The third kappa shape index (κ3) is 3.82. The highest BCUT2D eigenvalue weighted by Crippen LogP contribution is 2.33. The molecule has 138 valence electrons. The van der Waals surface area contributed by atoms with Crippen molar-refractivity contribution in [3.05, 3.63) is 33.7 Å². The standard InChI is InChI=1S/C16H18N4O5S/c1-9(21)7-19(8-10(2)22)16-14-11(5-6-26-14)17-15(18-16)12-3-4-13(25-12)20(23)24/h3-6,9-10,21-22H,7-8H2,1-2H3. The second kappa shape index (κ2) is 7.36. The first-order valence-electron chi connectivity index (χ1n) is 7.96.